The number of ketones is 1. The van der Waals surface area contributed by atoms with Crippen molar-refractivity contribution in [3.8, 4) is 0 Å². The molecule has 2 aromatic rings. The second-order valence-corrected chi connectivity index (χ2v) is 4.91. The SMILES string of the molecule is COC(=O)CNC(=O)C(=O)Cc1ccc2ccccc2c1[N+](=O)[O-]. The third-order valence-electron chi connectivity index (χ3n) is 3.39. The van der Waals surface area contributed by atoms with Crippen LogP contribution < -0.4 is 5.32 Å². The van der Waals surface area contributed by atoms with E-state index in [0.29, 0.717) is 10.8 Å². The molecule has 8 heteroatoms. The van der Waals surface area contributed by atoms with Crippen molar-refractivity contribution >= 4 is 34.1 Å². The number of fused-ring (bicyclic) bond motifs is 1. The van der Waals surface area contributed by atoms with Crippen molar-refractivity contribution in [3.63, 3.8) is 0 Å². The number of nitrogens with one attached hydrogen (secondary N) is 1. The first-order valence-electron chi connectivity index (χ1n) is 6.97. The van der Waals surface area contributed by atoms with Crippen LogP contribution in [0.3, 0.4) is 0 Å². The average Bonchev–Trinajstić information content (AvgIpc) is 2.58. The lowest BCUT2D eigenvalue weighted by Crippen LogP contribution is -2.36. The molecule has 0 aliphatic heterocycles. The molecule has 0 saturated carbocycles. The molecule has 0 aliphatic rings. The maximum Gasteiger partial charge on any atom is 0.325 e. The predicted octanol–water partition coefficient (Wildman–Crippen LogP) is 1.15. The number of benzene rings is 2. The van der Waals surface area contributed by atoms with Gasteiger partial charge in [0, 0.05) is 12.0 Å². The number of methoxy groups -OCH3 is 1. The summed E-state index contributed by atoms with van der Waals surface area (Å²) in [6.07, 6.45) is -0.436. The number of amides is 1. The fraction of sp³-hybridized carbons (Fsp3) is 0.188. The van der Waals surface area contributed by atoms with E-state index in [1.807, 2.05) is 0 Å². The molecule has 2 rings (SSSR count). The molecule has 8 nitrogen and oxygen atoms in total. The Bertz CT molecular complexity index is 830. The third kappa shape index (κ3) is 3.72. The second-order valence-electron chi connectivity index (χ2n) is 4.91. The summed E-state index contributed by atoms with van der Waals surface area (Å²) in [6.45, 7) is -0.444. The van der Waals surface area contributed by atoms with Gasteiger partial charge in [-0.25, -0.2) is 0 Å². The number of nitrogens with zero attached hydrogens (tertiary/aromatic N) is 1. The Morgan fingerprint density at radius 2 is 1.88 bits per heavy atom. The molecule has 24 heavy (non-hydrogen) atoms. The van der Waals surface area contributed by atoms with Crippen LogP contribution in [0.2, 0.25) is 0 Å². The minimum absolute atomic E-state index is 0.136. The lowest BCUT2D eigenvalue weighted by Gasteiger charge is -2.06. The number of Topliss-reactive ketones (excluding diaryl/α,β-unsaturated/α-hetero) is 1. The summed E-state index contributed by atoms with van der Waals surface area (Å²) in [7, 11) is 1.15. The molecule has 0 aliphatic carbocycles. The van der Waals surface area contributed by atoms with Gasteiger partial charge in [-0.2, -0.15) is 0 Å². The van der Waals surface area contributed by atoms with Crippen molar-refractivity contribution in [2.75, 3.05) is 13.7 Å². The first-order chi connectivity index (χ1) is 11.4. The molecule has 0 unspecified atom stereocenters. The van der Waals surface area contributed by atoms with Crippen LogP contribution in [0.1, 0.15) is 5.56 Å². The molecule has 124 valence electrons. The number of hydrogen-bond acceptors (Lipinski definition) is 6. The Balaban J connectivity index is 2.24. The van der Waals surface area contributed by atoms with Crippen molar-refractivity contribution in [2.45, 2.75) is 6.42 Å². The van der Waals surface area contributed by atoms with Crippen molar-refractivity contribution < 1.29 is 24.0 Å². The van der Waals surface area contributed by atoms with Crippen LogP contribution in [0.5, 0.6) is 0 Å². The Kier molecular flexibility index (Phi) is 5.20. The topological polar surface area (TPSA) is 116 Å². The summed E-state index contributed by atoms with van der Waals surface area (Å²) in [5.41, 5.74) is -0.0702. The number of ether oxygens (including phenoxy) is 1. The molecule has 2 aromatic carbocycles. The van der Waals surface area contributed by atoms with Gasteiger partial charge in [-0.1, -0.05) is 30.3 Å². The minimum atomic E-state index is -0.997. The van der Waals surface area contributed by atoms with Gasteiger partial charge in [0.2, 0.25) is 5.78 Å². The van der Waals surface area contributed by atoms with Crippen LogP contribution in [0.15, 0.2) is 36.4 Å². The van der Waals surface area contributed by atoms with Crippen molar-refractivity contribution in [1.82, 2.24) is 5.32 Å². The monoisotopic (exact) mass is 330 g/mol. The van der Waals surface area contributed by atoms with Crippen molar-refractivity contribution in [1.29, 1.82) is 0 Å². The molecule has 0 heterocycles. The van der Waals surface area contributed by atoms with E-state index in [1.54, 1.807) is 30.3 Å². The number of nitro groups is 1. The molecule has 0 saturated heterocycles. The zero-order valence-electron chi connectivity index (χ0n) is 12.8. The van der Waals surface area contributed by atoms with Gasteiger partial charge >= 0.3 is 5.97 Å². The van der Waals surface area contributed by atoms with E-state index in [4.69, 9.17) is 0 Å². The molecular weight excluding hydrogens is 316 g/mol. The maximum absolute atomic E-state index is 11.9. The number of carbonyl (C=O) groups excluding carboxylic acids is 3. The molecule has 0 atom stereocenters. The van der Waals surface area contributed by atoms with Gasteiger partial charge in [0.1, 0.15) is 6.54 Å². The van der Waals surface area contributed by atoms with E-state index in [0.717, 1.165) is 7.11 Å². The van der Waals surface area contributed by atoms with E-state index >= 15 is 0 Å². The van der Waals surface area contributed by atoms with E-state index in [1.165, 1.54) is 6.07 Å². The molecule has 1 amide bonds. The van der Waals surface area contributed by atoms with Crippen LogP contribution in [0.4, 0.5) is 5.69 Å². The number of rotatable bonds is 6. The summed E-state index contributed by atoms with van der Waals surface area (Å²) in [5, 5.41) is 14.5. The molecule has 0 fully saturated rings. The maximum atomic E-state index is 11.9. The number of esters is 1. The minimum Gasteiger partial charge on any atom is -0.468 e. The van der Waals surface area contributed by atoms with Crippen LogP contribution in [-0.4, -0.2) is 36.2 Å². The highest BCUT2D eigenvalue weighted by Gasteiger charge is 2.23. The van der Waals surface area contributed by atoms with Gasteiger partial charge in [0.25, 0.3) is 11.6 Å². The second kappa shape index (κ2) is 7.32. The summed E-state index contributed by atoms with van der Waals surface area (Å²) in [6, 6.07) is 9.81. The van der Waals surface area contributed by atoms with Gasteiger partial charge in [-0.3, -0.25) is 24.5 Å². The fourth-order valence-corrected chi connectivity index (χ4v) is 2.23. The van der Waals surface area contributed by atoms with Gasteiger partial charge in [-0.15, -0.1) is 0 Å². The highest BCUT2D eigenvalue weighted by molar-refractivity contribution is 6.37. The van der Waals surface area contributed by atoms with Gasteiger partial charge in [-0.05, 0) is 11.5 Å². The quantitative estimate of drug-likeness (QED) is 0.367. The lowest BCUT2D eigenvalue weighted by molar-refractivity contribution is -0.383. The predicted molar refractivity (Wildman–Crippen MR) is 84.3 cm³/mol. The van der Waals surface area contributed by atoms with E-state index in [9.17, 15) is 24.5 Å². The summed E-state index contributed by atoms with van der Waals surface area (Å²) >= 11 is 0. The molecule has 0 bridgehead atoms. The Morgan fingerprint density at radius 1 is 1.17 bits per heavy atom. The molecule has 1 N–H and O–H groups in total. The largest absolute Gasteiger partial charge is 0.468 e. The first-order valence-corrected chi connectivity index (χ1v) is 6.97. The highest BCUT2D eigenvalue weighted by atomic mass is 16.6. The van der Waals surface area contributed by atoms with E-state index in [-0.39, 0.29) is 11.3 Å². The molecule has 0 radical (unpaired) electrons. The zero-order valence-corrected chi connectivity index (χ0v) is 12.8. The van der Waals surface area contributed by atoms with Crippen molar-refractivity contribution in [2.24, 2.45) is 0 Å². The first kappa shape index (κ1) is 17.1. The third-order valence-corrected chi connectivity index (χ3v) is 3.39. The summed E-state index contributed by atoms with van der Waals surface area (Å²) in [4.78, 5) is 45.4. The average molecular weight is 330 g/mol. The lowest BCUT2D eigenvalue weighted by atomic mass is 10.0. The highest BCUT2D eigenvalue weighted by Crippen LogP contribution is 2.29. The van der Waals surface area contributed by atoms with E-state index < -0.39 is 35.5 Å². The van der Waals surface area contributed by atoms with Gasteiger partial charge in [0.15, 0.2) is 0 Å². The van der Waals surface area contributed by atoms with Gasteiger partial charge < -0.3 is 10.1 Å². The Morgan fingerprint density at radius 3 is 2.54 bits per heavy atom. The normalized spacial score (nSPS) is 10.2. The number of carbonyl (C=O) groups is 3. The van der Waals surface area contributed by atoms with Crippen LogP contribution in [0, 0.1) is 10.1 Å². The fourth-order valence-electron chi connectivity index (χ4n) is 2.23. The molecule has 0 spiro atoms. The number of hydrogen-bond donors (Lipinski definition) is 1. The Hall–Kier alpha value is -3.29. The number of nitro benzene ring substituents is 1. The van der Waals surface area contributed by atoms with Gasteiger partial charge in [0.05, 0.1) is 17.4 Å². The Labute approximate surface area is 136 Å². The van der Waals surface area contributed by atoms with Crippen LogP contribution in [-0.2, 0) is 25.5 Å². The summed E-state index contributed by atoms with van der Waals surface area (Å²) in [5.74, 6) is -2.58. The van der Waals surface area contributed by atoms with Crippen molar-refractivity contribution in [3.05, 3.63) is 52.1 Å². The van der Waals surface area contributed by atoms with E-state index in [2.05, 4.69) is 10.1 Å². The standard InChI is InChI=1S/C16H14N2O6/c1-24-14(20)9-17-16(21)13(19)8-11-7-6-10-4-2-3-5-12(10)15(11)18(22)23/h2-7H,8-9H2,1H3,(H,17,21). The zero-order chi connectivity index (χ0) is 17.7. The molecular formula is C16H14N2O6. The molecule has 0 aromatic heterocycles. The van der Waals surface area contributed by atoms with Crippen LogP contribution >= 0.6 is 0 Å². The summed E-state index contributed by atoms with van der Waals surface area (Å²) < 4.78 is 4.34. The van der Waals surface area contributed by atoms with Crippen LogP contribution in [0.25, 0.3) is 10.8 Å². The smallest absolute Gasteiger partial charge is 0.325 e.